The first-order valence-electron chi connectivity index (χ1n) is 6.87. The number of rotatable bonds is 6. The smallest absolute Gasteiger partial charge is 0.271 e. The van der Waals surface area contributed by atoms with E-state index in [0.29, 0.717) is 12.2 Å². The number of ether oxygens (including phenoxy) is 1. The van der Waals surface area contributed by atoms with Crippen molar-refractivity contribution in [2.45, 2.75) is 12.8 Å². The summed E-state index contributed by atoms with van der Waals surface area (Å²) in [5.74, 6) is -0.488. The van der Waals surface area contributed by atoms with E-state index in [1.165, 1.54) is 7.11 Å². The molecule has 0 heterocycles. The van der Waals surface area contributed by atoms with Crippen LogP contribution in [0.4, 0.5) is 15.8 Å². The third kappa shape index (κ3) is 4.26. The minimum absolute atomic E-state index is 0.0997. The van der Waals surface area contributed by atoms with Gasteiger partial charge in [0.1, 0.15) is 11.6 Å². The summed E-state index contributed by atoms with van der Waals surface area (Å²) in [7, 11) is 1.54. The van der Waals surface area contributed by atoms with E-state index < -0.39 is 16.6 Å². The van der Waals surface area contributed by atoms with E-state index in [9.17, 15) is 19.3 Å². The molecule has 0 saturated carbocycles. The number of non-ortho nitro benzene ring substituents is 1. The van der Waals surface area contributed by atoms with Gasteiger partial charge in [-0.15, -0.1) is 0 Å². The summed E-state index contributed by atoms with van der Waals surface area (Å²) in [6.45, 7) is 0. The minimum Gasteiger partial charge on any atom is -0.496 e. The molecular formula is C16H15FN2O4. The highest BCUT2D eigenvalue weighted by Gasteiger charge is 2.13. The van der Waals surface area contributed by atoms with Gasteiger partial charge in [-0.2, -0.15) is 0 Å². The molecule has 2 rings (SSSR count). The number of nitrogens with zero attached hydrogens (tertiary/aromatic N) is 1. The average Bonchev–Trinajstić information content (AvgIpc) is 2.55. The van der Waals surface area contributed by atoms with Crippen molar-refractivity contribution < 1.29 is 18.8 Å². The normalized spacial score (nSPS) is 10.2. The lowest BCUT2D eigenvalue weighted by atomic mass is 10.1. The van der Waals surface area contributed by atoms with Gasteiger partial charge in [0.2, 0.25) is 5.91 Å². The van der Waals surface area contributed by atoms with E-state index >= 15 is 0 Å². The summed E-state index contributed by atoms with van der Waals surface area (Å²) < 4.78 is 18.8. The number of halogens is 1. The minimum atomic E-state index is -0.721. The van der Waals surface area contributed by atoms with Crippen molar-refractivity contribution in [3.8, 4) is 5.75 Å². The van der Waals surface area contributed by atoms with Crippen LogP contribution in [0.2, 0.25) is 0 Å². The molecule has 2 aromatic rings. The fraction of sp³-hybridized carbons (Fsp3) is 0.188. The standard InChI is InChI=1S/C16H15FN2O4/c1-23-15-5-3-2-4-11(15)6-9-16(20)18-14-10-12(19(21)22)7-8-13(14)17/h2-5,7-8,10H,6,9H2,1H3,(H,18,20). The Morgan fingerprint density at radius 1 is 1.30 bits per heavy atom. The molecule has 0 atom stereocenters. The molecule has 2 aromatic carbocycles. The molecule has 0 aliphatic carbocycles. The number of nitrogens with one attached hydrogen (secondary N) is 1. The molecule has 0 aliphatic heterocycles. The Labute approximate surface area is 132 Å². The maximum atomic E-state index is 13.6. The van der Waals surface area contributed by atoms with Crippen LogP contribution in [-0.4, -0.2) is 17.9 Å². The quantitative estimate of drug-likeness (QED) is 0.654. The van der Waals surface area contributed by atoms with Crippen molar-refractivity contribution in [2.24, 2.45) is 0 Å². The Hall–Kier alpha value is -2.96. The van der Waals surface area contributed by atoms with E-state index in [-0.39, 0.29) is 17.8 Å². The first-order valence-corrected chi connectivity index (χ1v) is 6.87. The number of para-hydroxylation sites is 1. The van der Waals surface area contributed by atoms with E-state index in [0.717, 1.165) is 23.8 Å². The third-order valence-corrected chi connectivity index (χ3v) is 3.25. The molecule has 1 N–H and O–H groups in total. The number of anilines is 1. The Bertz CT molecular complexity index is 734. The molecule has 0 unspecified atom stereocenters. The number of aryl methyl sites for hydroxylation is 1. The molecule has 0 bridgehead atoms. The van der Waals surface area contributed by atoms with Crippen LogP contribution in [0.15, 0.2) is 42.5 Å². The number of benzene rings is 2. The average molecular weight is 318 g/mol. The zero-order valence-electron chi connectivity index (χ0n) is 12.4. The van der Waals surface area contributed by atoms with Crippen LogP contribution in [0.5, 0.6) is 5.75 Å². The number of carbonyl (C=O) groups is 1. The van der Waals surface area contributed by atoms with Gasteiger partial charge in [-0.1, -0.05) is 18.2 Å². The predicted octanol–water partition coefficient (Wildman–Crippen LogP) is 3.31. The molecule has 0 fully saturated rings. The van der Waals surface area contributed by atoms with Crippen LogP contribution in [0, 0.1) is 15.9 Å². The van der Waals surface area contributed by atoms with Gasteiger partial charge in [0, 0.05) is 18.6 Å². The lowest BCUT2D eigenvalue weighted by Crippen LogP contribution is -2.13. The van der Waals surface area contributed by atoms with Crippen LogP contribution in [0.1, 0.15) is 12.0 Å². The van der Waals surface area contributed by atoms with Gasteiger partial charge in [-0.05, 0) is 24.1 Å². The number of carbonyl (C=O) groups excluding carboxylic acids is 1. The zero-order valence-corrected chi connectivity index (χ0v) is 12.4. The number of hydrogen-bond acceptors (Lipinski definition) is 4. The second-order valence-electron chi connectivity index (χ2n) is 4.78. The highest BCUT2D eigenvalue weighted by Crippen LogP contribution is 2.22. The molecule has 120 valence electrons. The topological polar surface area (TPSA) is 81.5 Å². The largest absolute Gasteiger partial charge is 0.496 e. The molecule has 0 radical (unpaired) electrons. The lowest BCUT2D eigenvalue weighted by molar-refractivity contribution is -0.384. The number of methoxy groups -OCH3 is 1. The number of nitro benzene ring substituents is 1. The fourth-order valence-corrected chi connectivity index (χ4v) is 2.09. The molecule has 23 heavy (non-hydrogen) atoms. The summed E-state index contributed by atoms with van der Waals surface area (Å²) >= 11 is 0. The van der Waals surface area contributed by atoms with Gasteiger partial charge in [-0.3, -0.25) is 14.9 Å². The second-order valence-corrected chi connectivity index (χ2v) is 4.78. The zero-order chi connectivity index (χ0) is 16.8. The van der Waals surface area contributed by atoms with Crippen molar-refractivity contribution >= 4 is 17.3 Å². The van der Waals surface area contributed by atoms with Crippen LogP contribution in [0.25, 0.3) is 0 Å². The summed E-state index contributed by atoms with van der Waals surface area (Å²) in [6, 6.07) is 10.3. The van der Waals surface area contributed by atoms with E-state index in [1.54, 1.807) is 6.07 Å². The Kier molecular flexibility index (Phi) is 5.24. The van der Waals surface area contributed by atoms with Gasteiger partial charge >= 0.3 is 0 Å². The van der Waals surface area contributed by atoms with E-state index in [4.69, 9.17) is 4.74 Å². The SMILES string of the molecule is COc1ccccc1CCC(=O)Nc1cc([N+](=O)[O-])ccc1F. The van der Waals surface area contributed by atoms with Gasteiger partial charge in [0.15, 0.2) is 0 Å². The Morgan fingerprint density at radius 3 is 2.74 bits per heavy atom. The number of hydrogen-bond donors (Lipinski definition) is 1. The summed E-state index contributed by atoms with van der Waals surface area (Å²) in [6.07, 6.45) is 0.509. The van der Waals surface area contributed by atoms with Gasteiger partial charge < -0.3 is 10.1 Å². The van der Waals surface area contributed by atoms with Gasteiger partial charge in [-0.25, -0.2) is 4.39 Å². The predicted molar refractivity (Wildman–Crippen MR) is 83.0 cm³/mol. The maximum Gasteiger partial charge on any atom is 0.271 e. The van der Waals surface area contributed by atoms with Crippen molar-refractivity contribution in [3.05, 3.63) is 64.0 Å². The second kappa shape index (κ2) is 7.35. The summed E-state index contributed by atoms with van der Waals surface area (Å²) in [5.41, 5.74) is 0.361. The van der Waals surface area contributed by atoms with Gasteiger partial charge in [0.25, 0.3) is 5.69 Å². The van der Waals surface area contributed by atoms with Gasteiger partial charge in [0.05, 0.1) is 17.7 Å². The Balaban J connectivity index is 2.02. The molecule has 7 heteroatoms. The first kappa shape index (κ1) is 16.4. The molecule has 0 saturated heterocycles. The van der Waals surface area contributed by atoms with Crippen molar-refractivity contribution in [2.75, 3.05) is 12.4 Å². The highest BCUT2D eigenvalue weighted by atomic mass is 19.1. The first-order chi connectivity index (χ1) is 11.0. The maximum absolute atomic E-state index is 13.6. The van der Waals surface area contributed by atoms with Crippen molar-refractivity contribution in [1.82, 2.24) is 0 Å². The number of amides is 1. The van der Waals surface area contributed by atoms with Crippen molar-refractivity contribution in [3.63, 3.8) is 0 Å². The molecule has 0 aromatic heterocycles. The summed E-state index contributed by atoms with van der Waals surface area (Å²) in [5, 5.41) is 13.0. The monoisotopic (exact) mass is 318 g/mol. The third-order valence-electron chi connectivity index (χ3n) is 3.25. The molecule has 0 spiro atoms. The van der Waals surface area contributed by atoms with Crippen LogP contribution >= 0.6 is 0 Å². The Morgan fingerprint density at radius 2 is 2.04 bits per heavy atom. The van der Waals surface area contributed by atoms with Crippen LogP contribution < -0.4 is 10.1 Å². The number of nitro groups is 1. The molecule has 0 aliphatic rings. The van der Waals surface area contributed by atoms with Crippen molar-refractivity contribution in [1.29, 1.82) is 0 Å². The fourth-order valence-electron chi connectivity index (χ4n) is 2.09. The highest BCUT2D eigenvalue weighted by molar-refractivity contribution is 5.91. The van der Waals surface area contributed by atoms with Crippen LogP contribution in [-0.2, 0) is 11.2 Å². The summed E-state index contributed by atoms with van der Waals surface area (Å²) in [4.78, 5) is 22.0. The van der Waals surface area contributed by atoms with Crippen LogP contribution in [0.3, 0.4) is 0 Å². The molecule has 6 nitrogen and oxygen atoms in total. The lowest BCUT2D eigenvalue weighted by Gasteiger charge is -2.09. The van der Waals surface area contributed by atoms with E-state index in [1.807, 2.05) is 18.2 Å². The molecular weight excluding hydrogens is 303 g/mol. The molecule has 1 amide bonds. The van der Waals surface area contributed by atoms with E-state index in [2.05, 4.69) is 5.32 Å².